The molecule has 0 aliphatic rings. The van der Waals surface area contributed by atoms with Gasteiger partial charge in [-0.05, 0) is 36.0 Å². The monoisotopic (exact) mass is 260 g/mol. The van der Waals surface area contributed by atoms with E-state index in [4.69, 9.17) is 0 Å². The SMILES string of the molecule is CCCc1cccc(C(=O)c2snnc2CC)c1. The molecule has 0 bridgehead atoms. The molecular formula is C14H16N2OS. The zero-order chi connectivity index (χ0) is 13.0. The number of hydrogen-bond acceptors (Lipinski definition) is 4. The van der Waals surface area contributed by atoms with E-state index in [1.165, 1.54) is 17.1 Å². The predicted molar refractivity (Wildman–Crippen MR) is 73.2 cm³/mol. The quantitative estimate of drug-likeness (QED) is 0.775. The Labute approximate surface area is 111 Å². The number of carbonyl (C=O) groups is 1. The summed E-state index contributed by atoms with van der Waals surface area (Å²) in [4.78, 5) is 13.0. The van der Waals surface area contributed by atoms with Gasteiger partial charge in [-0.3, -0.25) is 4.79 Å². The Bertz CT molecular complexity index is 548. The van der Waals surface area contributed by atoms with Crippen LogP contribution < -0.4 is 0 Å². The minimum atomic E-state index is 0.0415. The Hall–Kier alpha value is -1.55. The van der Waals surface area contributed by atoms with Crippen LogP contribution in [0.4, 0.5) is 0 Å². The highest BCUT2D eigenvalue weighted by Crippen LogP contribution is 2.18. The van der Waals surface area contributed by atoms with E-state index in [2.05, 4.69) is 22.6 Å². The van der Waals surface area contributed by atoms with Crippen molar-refractivity contribution in [2.45, 2.75) is 33.1 Å². The third kappa shape index (κ3) is 2.64. The van der Waals surface area contributed by atoms with Crippen LogP contribution in [-0.4, -0.2) is 15.4 Å². The summed E-state index contributed by atoms with van der Waals surface area (Å²) in [6.45, 7) is 4.12. The first kappa shape index (κ1) is 12.9. The van der Waals surface area contributed by atoms with E-state index >= 15 is 0 Å². The smallest absolute Gasteiger partial charge is 0.206 e. The Kier molecular flexibility index (Phi) is 4.20. The maximum Gasteiger partial charge on any atom is 0.206 e. The van der Waals surface area contributed by atoms with Gasteiger partial charge in [-0.25, -0.2) is 0 Å². The zero-order valence-corrected chi connectivity index (χ0v) is 11.5. The van der Waals surface area contributed by atoms with Crippen molar-refractivity contribution in [1.29, 1.82) is 0 Å². The van der Waals surface area contributed by atoms with Gasteiger partial charge in [0, 0.05) is 5.56 Å². The first-order valence-corrected chi connectivity index (χ1v) is 6.98. The molecule has 1 aromatic heterocycles. The molecule has 0 N–H and O–H groups in total. The molecule has 1 aromatic carbocycles. The highest BCUT2D eigenvalue weighted by molar-refractivity contribution is 7.08. The Morgan fingerprint density at radius 3 is 2.89 bits per heavy atom. The summed E-state index contributed by atoms with van der Waals surface area (Å²) in [5.74, 6) is 0.0415. The lowest BCUT2D eigenvalue weighted by Crippen LogP contribution is -2.03. The van der Waals surface area contributed by atoms with Gasteiger partial charge >= 0.3 is 0 Å². The van der Waals surface area contributed by atoms with E-state index in [0.29, 0.717) is 4.88 Å². The molecule has 94 valence electrons. The molecule has 2 rings (SSSR count). The maximum atomic E-state index is 12.4. The van der Waals surface area contributed by atoms with Gasteiger partial charge in [0.05, 0.1) is 5.69 Å². The van der Waals surface area contributed by atoms with Crippen molar-refractivity contribution in [3.63, 3.8) is 0 Å². The van der Waals surface area contributed by atoms with Crippen LogP contribution in [0.25, 0.3) is 0 Å². The van der Waals surface area contributed by atoms with E-state index in [1.54, 1.807) is 0 Å². The zero-order valence-electron chi connectivity index (χ0n) is 10.6. The average molecular weight is 260 g/mol. The highest BCUT2D eigenvalue weighted by atomic mass is 32.1. The second kappa shape index (κ2) is 5.87. The van der Waals surface area contributed by atoms with Gasteiger partial charge < -0.3 is 0 Å². The molecule has 0 radical (unpaired) electrons. The van der Waals surface area contributed by atoms with Crippen LogP contribution in [0.5, 0.6) is 0 Å². The number of rotatable bonds is 5. The Morgan fingerprint density at radius 1 is 1.33 bits per heavy atom. The summed E-state index contributed by atoms with van der Waals surface area (Å²) in [7, 11) is 0. The molecule has 0 aliphatic heterocycles. The van der Waals surface area contributed by atoms with E-state index in [9.17, 15) is 4.79 Å². The molecule has 1 heterocycles. The fourth-order valence-corrected chi connectivity index (χ4v) is 2.61. The average Bonchev–Trinajstić information content (AvgIpc) is 2.87. The number of carbonyl (C=O) groups excluding carboxylic acids is 1. The van der Waals surface area contributed by atoms with E-state index in [1.807, 2.05) is 25.1 Å². The molecule has 4 heteroatoms. The summed E-state index contributed by atoms with van der Waals surface area (Å²) >= 11 is 1.19. The van der Waals surface area contributed by atoms with Crippen molar-refractivity contribution in [3.05, 3.63) is 46.0 Å². The van der Waals surface area contributed by atoms with Gasteiger partial charge in [-0.1, -0.05) is 43.0 Å². The summed E-state index contributed by atoms with van der Waals surface area (Å²) in [6, 6.07) is 7.84. The van der Waals surface area contributed by atoms with Crippen LogP contribution in [0, 0.1) is 0 Å². The van der Waals surface area contributed by atoms with Gasteiger partial charge in [-0.15, -0.1) is 5.10 Å². The molecule has 2 aromatic rings. The second-order valence-corrected chi connectivity index (χ2v) is 4.94. The topological polar surface area (TPSA) is 42.9 Å². The van der Waals surface area contributed by atoms with Crippen molar-refractivity contribution in [1.82, 2.24) is 9.59 Å². The van der Waals surface area contributed by atoms with Crippen molar-refractivity contribution < 1.29 is 4.79 Å². The fourth-order valence-electron chi connectivity index (χ4n) is 1.90. The minimum Gasteiger partial charge on any atom is -0.288 e. The molecule has 0 saturated heterocycles. The number of aromatic nitrogens is 2. The minimum absolute atomic E-state index is 0.0415. The predicted octanol–water partition coefficient (Wildman–Crippen LogP) is 3.28. The standard InChI is InChI=1S/C14H16N2OS/c1-3-6-10-7-5-8-11(9-10)13(17)14-12(4-2)15-16-18-14/h5,7-9H,3-4,6H2,1-2H3. The second-order valence-electron chi connectivity index (χ2n) is 4.18. The normalized spacial score (nSPS) is 10.6. The first-order chi connectivity index (χ1) is 8.76. The summed E-state index contributed by atoms with van der Waals surface area (Å²) in [5, 5.41) is 3.99. The lowest BCUT2D eigenvalue weighted by atomic mass is 10.0. The lowest BCUT2D eigenvalue weighted by Gasteiger charge is -2.03. The molecule has 0 saturated carbocycles. The van der Waals surface area contributed by atoms with Crippen LogP contribution in [-0.2, 0) is 12.8 Å². The first-order valence-electron chi connectivity index (χ1n) is 6.21. The molecule has 0 fully saturated rings. The molecular weight excluding hydrogens is 244 g/mol. The van der Waals surface area contributed by atoms with E-state index in [-0.39, 0.29) is 5.78 Å². The molecule has 0 unspecified atom stereocenters. The highest BCUT2D eigenvalue weighted by Gasteiger charge is 2.16. The number of aryl methyl sites for hydroxylation is 2. The van der Waals surface area contributed by atoms with Crippen LogP contribution >= 0.6 is 11.5 Å². The maximum absolute atomic E-state index is 12.4. The lowest BCUT2D eigenvalue weighted by molar-refractivity contribution is 0.104. The largest absolute Gasteiger partial charge is 0.288 e. The Balaban J connectivity index is 2.31. The molecule has 0 atom stereocenters. The van der Waals surface area contributed by atoms with Gasteiger partial charge in [-0.2, -0.15) is 0 Å². The number of ketones is 1. The Morgan fingerprint density at radius 2 is 2.17 bits per heavy atom. The van der Waals surface area contributed by atoms with Crippen LogP contribution in [0.2, 0.25) is 0 Å². The van der Waals surface area contributed by atoms with Crippen molar-refractivity contribution in [2.75, 3.05) is 0 Å². The summed E-state index contributed by atoms with van der Waals surface area (Å²) in [5.41, 5.74) is 2.74. The number of hydrogen-bond donors (Lipinski definition) is 0. The summed E-state index contributed by atoms with van der Waals surface area (Å²) < 4.78 is 3.87. The number of nitrogens with zero attached hydrogens (tertiary/aromatic N) is 2. The molecule has 0 spiro atoms. The van der Waals surface area contributed by atoms with E-state index in [0.717, 1.165) is 30.5 Å². The molecule has 0 aliphatic carbocycles. The molecule has 18 heavy (non-hydrogen) atoms. The van der Waals surface area contributed by atoms with Crippen LogP contribution in [0.3, 0.4) is 0 Å². The van der Waals surface area contributed by atoms with Gasteiger partial charge in [0.15, 0.2) is 0 Å². The van der Waals surface area contributed by atoms with Crippen molar-refractivity contribution >= 4 is 17.3 Å². The molecule has 3 nitrogen and oxygen atoms in total. The van der Waals surface area contributed by atoms with Gasteiger partial charge in [0.2, 0.25) is 5.78 Å². The van der Waals surface area contributed by atoms with Gasteiger partial charge in [0.1, 0.15) is 4.88 Å². The molecule has 0 amide bonds. The number of benzene rings is 1. The third-order valence-corrected chi connectivity index (χ3v) is 3.59. The van der Waals surface area contributed by atoms with Crippen molar-refractivity contribution in [3.8, 4) is 0 Å². The van der Waals surface area contributed by atoms with Gasteiger partial charge in [0.25, 0.3) is 0 Å². The van der Waals surface area contributed by atoms with E-state index < -0.39 is 0 Å². The third-order valence-electron chi connectivity index (χ3n) is 2.82. The van der Waals surface area contributed by atoms with Crippen molar-refractivity contribution in [2.24, 2.45) is 0 Å². The van der Waals surface area contributed by atoms with Crippen LogP contribution in [0.15, 0.2) is 24.3 Å². The fraction of sp³-hybridized carbons (Fsp3) is 0.357. The van der Waals surface area contributed by atoms with Crippen LogP contribution in [0.1, 0.15) is 46.8 Å². The summed E-state index contributed by atoms with van der Waals surface area (Å²) in [6.07, 6.45) is 2.83.